The number of hydrogen-bond acceptors (Lipinski definition) is 4. The van der Waals surface area contributed by atoms with Gasteiger partial charge in [0.25, 0.3) is 0 Å². The molecule has 4 nitrogen and oxygen atoms in total. The zero-order valence-corrected chi connectivity index (χ0v) is 13.5. The molecule has 10 heteroatoms. The summed E-state index contributed by atoms with van der Waals surface area (Å²) >= 11 is 0. The number of rotatable bonds is 4. The van der Waals surface area contributed by atoms with Crippen LogP contribution in [0.4, 0.5) is 26.3 Å². The Balaban J connectivity index is 2.47. The molecule has 0 aliphatic rings. The Hall–Kier alpha value is -2.52. The zero-order chi connectivity index (χ0) is 19.7. The van der Waals surface area contributed by atoms with Crippen LogP contribution in [-0.2, 0) is 21.9 Å². The van der Waals surface area contributed by atoms with E-state index < -0.39 is 40.9 Å². The second-order valence-corrected chi connectivity index (χ2v) is 5.34. The van der Waals surface area contributed by atoms with Crippen molar-refractivity contribution in [3.05, 3.63) is 41.5 Å². The van der Waals surface area contributed by atoms with Gasteiger partial charge in [0, 0.05) is 5.56 Å². The third-order valence-corrected chi connectivity index (χ3v) is 3.42. The maximum atomic E-state index is 12.9. The molecule has 0 spiro atoms. The van der Waals surface area contributed by atoms with Crippen LogP contribution in [0.25, 0.3) is 11.3 Å². The van der Waals surface area contributed by atoms with Crippen LogP contribution in [0.2, 0.25) is 0 Å². The molecule has 2 rings (SSSR count). The first-order valence-electron chi connectivity index (χ1n) is 7.35. The van der Waals surface area contributed by atoms with Crippen LogP contribution in [0.5, 0.6) is 0 Å². The Kier molecular flexibility index (Phi) is 5.33. The van der Waals surface area contributed by atoms with E-state index in [4.69, 9.17) is 9.15 Å². The number of benzene rings is 1. The number of hydrogen-bond donors (Lipinski definition) is 0. The van der Waals surface area contributed by atoms with Gasteiger partial charge in [-0.2, -0.15) is 26.3 Å². The monoisotopic (exact) mass is 381 g/mol. The molecule has 0 aliphatic carbocycles. The number of ether oxygens (including phenoxy) is 1. The molecule has 2 aromatic rings. The number of carbonyl (C=O) groups excluding carboxylic acids is 1. The third kappa shape index (κ3) is 4.36. The number of carbonyl (C=O) groups is 1. The lowest BCUT2D eigenvalue weighted by Gasteiger charge is -2.13. The number of esters is 1. The van der Waals surface area contributed by atoms with Crippen LogP contribution in [-0.4, -0.2) is 17.6 Å². The Morgan fingerprint density at radius 1 is 1.12 bits per heavy atom. The highest BCUT2D eigenvalue weighted by Crippen LogP contribution is 2.38. The van der Waals surface area contributed by atoms with E-state index in [-0.39, 0.29) is 24.3 Å². The van der Waals surface area contributed by atoms with Crippen molar-refractivity contribution < 1.29 is 40.3 Å². The van der Waals surface area contributed by atoms with Crippen LogP contribution in [0.3, 0.4) is 0 Å². The first-order valence-corrected chi connectivity index (χ1v) is 7.35. The molecule has 1 atom stereocenters. The largest absolute Gasteiger partial charge is 0.465 e. The van der Waals surface area contributed by atoms with Gasteiger partial charge in [0.1, 0.15) is 17.9 Å². The van der Waals surface area contributed by atoms with Crippen LogP contribution < -0.4 is 0 Å². The van der Waals surface area contributed by atoms with Crippen molar-refractivity contribution >= 4 is 5.97 Å². The van der Waals surface area contributed by atoms with Gasteiger partial charge in [-0.05, 0) is 32.0 Å². The van der Waals surface area contributed by atoms with Gasteiger partial charge >= 0.3 is 18.3 Å². The van der Waals surface area contributed by atoms with Gasteiger partial charge < -0.3 is 9.15 Å². The van der Waals surface area contributed by atoms with E-state index in [1.54, 1.807) is 6.92 Å². The summed E-state index contributed by atoms with van der Waals surface area (Å²) in [5, 5.41) is 0. The minimum Gasteiger partial charge on any atom is -0.465 e. The summed E-state index contributed by atoms with van der Waals surface area (Å²) in [5.41, 5.74) is -3.62. The highest BCUT2D eigenvalue weighted by molar-refractivity contribution is 5.76. The van der Waals surface area contributed by atoms with Gasteiger partial charge in [0.15, 0.2) is 0 Å². The molecule has 1 unspecified atom stereocenters. The maximum Gasteiger partial charge on any atom is 0.416 e. The standard InChI is InChI=1S/C16H13F6NO3/c1-3-25-14(24)8(2)13-23-12(7-26-13)9-4-10(15(17,18)19)6-11(5-9)16(20,21)22/h4-8H,3H2,1-2H3. The van der Waals surface area contributed by atoms with Crippen molar-refractivity contribution in [2.75, 3.05) is 6.61 Å². The first-order chi connectivity index (χ1) is 11.9. The molecule has 0 bridgehead atoms. The van der Waals surface area contributed by atoms with E-state index in [0.29, 0.717) is 12.1 Å². The van der Waals surface area contributed by atoms with Crippen molar-refractivity contribution in [3.8, 4) is 11.3 Å². The molecule has 26 heavy (non-hydrogen) atoms. The lowest BCUT2D eigenvalue weighted by molar-refractivity contribution is -0.145. The molecule has 1 aromatic carbocycles. The number of aromatic nitrogens is 1. The van der Waals surface area contributed by atoms with Gasteiger partial charge in [-0.15, -0.1) is 0 Å². The molecule has 0 fully saturated rings. The highest BCUT2D eigenvalue weighted by Gasteiger charge is 2.37. The molecular weight excluding hydrogens is 368 g/mol. The van der Waals surface area contributed by atoms with E-state index in [1.807, 2.05) is 0 Å². The van der Waals surface area contributed by atoms with Crippen LogP contribution in [0.1, 0.15) is 36.8 Å². The minimum atomic E-state index is -4.97. The highest BCUT2D eigenvalue weighted by atomic mass is 19.4. The SMILES string of the molecule is CCOC(=O)C(C)c1nc(-c2cc(C(F)(F)F)cc(C(F)(F)F)c2)co1. The average molecular weight is 381 g/mol. The summed E-state index contributed by atoms with van der Waals surface area (Å²) in [6.45, 7) is 3.06. The van der Waals surface area contributed by atoms with Crippen molar-refractivity contribution in [2.45, 2.75) is 32.1 Å². The number of halogens is 6. The average Bonchev–Trinajstić information content (AvgIpc) is 3.02. The Morgan fingerprint density at radius 3 is 2.12 bits per heavy atom. The van der Waals surface area contributed by atoms with Gasteiger partial charge in [-0.25, -0.2) is 4.98 Å². The molecule has 0 radical (unpaired) electrons. The molecule has 0 aliphatic heterocycles. The lowest BCUT2D eigenvalue weighted by Crippen LogP contribution is -2.13. The van der Waals surface area contributed by atoms with Gasteiger partial charge in [0.05, 0.1) is 17.7 Å². The molecule has 0 saturated heterocycles. The van der Waals surface area contributed by atoms with Crippen LogP contribution in [0, 0.1) is 0 Å². The van der Waals surface area contributed by atoms with Crippen molar-refractivity contribution in [1.29, 1.82) is 0 Å². The molecule has 142 valence electrons. The second-order valence-electron chi connectivity index (χ2n) is 5.34. The summed E-state index contributed by atoms with van der Waals surface area (Å²) in [7, 11) is 0. The van der Waals surface area contributed by atoms with E-state index in [0.717, 1.165) is 6.26 Å². The Labute approximate surface area is 143 Å². The predicted octanol–water partition coefficient (Wildman–Crippen LogP) is 5.05. The zero-order valence-electron chi connectivity index (χ0n) is 13.5. The third-order valence-electron chi connectivity index (χ3n) is 3.42. The maximum absolute atomic E-state index is 12.9. The van der Waals surface area contributed by atoms with Gasteiger partial charge in [-0.1, -0.05) is 0 Å². The predicted molar refractivity (Wildman–Crippen MR) is 77.0 cm³/mol. The second kappa shape index (κ2) is 7.00. The summed E-state index contributed by atoms with van der Waals surface area (Å²) in [4.78, 5) is 15.5. The minimum absolute atomic E-state index is 0.0196. The van der Waals surface area contributed by atoms with Crippen molar-refractivity contribution in [2.24, 2.45) is 0 Å². The van der Waals surface area contributed by atoms with Gasteiger partial charge in [-0.3, -0.25) is 4.79 Å². The van der Waals surface area contributed by atoms with Crippen LogP contribution in [0.15, 0.2) is 28.9 Å². The fourth-order valence-electron chi connectivity index (χ4n) is 2.09. The van der Waals surface area contributed by atoms with E-state index in [1.165, 1.54) is 6.92 Å². The number of alkyl halides is 6. The normalized spacial score (nSPS) is 13.5. The Bertz CT molecular complexity index is 762. The number of oxazole rings is 1. The van der Waals surface area contributed by atoms with Crippen LogP contribution >= 0.6 is 0 Å². The lowest BCUT2D eigenvalue weighted by atomic mass is 10.0. The summed E-state index contributed by atoms with van der Waals surface area (Å²) < 4.78 is 87.2. The van der Waals surface area contributed by atoms with E-state index in [9.17, 15) is 31.1 Å². The summed E-state index contributed by atoms with van der Waals surface area (Å²) in [5.74, 6) is -1.82. The summed E-state index contributed by atoms with van der Waals surface area (Å²) in [6.07, 6.45) is -9.05. The smallest absolute Gasteiger partial charge is 0.416 e. The molecule has 0 N–H and O–H groups in total. The molecule has 0 amide bonds. The molecule has 1 heterocycles. The van der Waals surface area contributed by atoms with E-state index in [2.05, 4.69) is 4.98 Å². The van der Waals surface area contributed by atoms with Crippen molar-refractivity contribution in [3.63, 3.8) is 0 Å². The summed E-state index contributed by atoms with van der Waals surface area (Å²) in [6, 6.07) is 1.09. The first kappa shape index (κ1) is 19.8. The molecule has 1 aromatic heterocycles. The fraction of sp³-hybridized carbons (Fsp3) is 0.375. The Morgan fingerprint density at radius 2 is 1.65 bits per heavy atom. The van der Waals surface area contributed by atoms with Gasteiger partial charge in [0.2, 0.25) is 5.89 Å². The van der Waals surface area contributed by atoms with E-state index >= 15 is 0 Å². The quantitative estimate of drug-likeness (QED) is 0.550. The topological polar surface area (TPSA) is 52.3 Å². The van der Waals surface area contributed by atoms with Crippen molar-refractivity contribution in [1.82, 2.24) is 4.98 Å². The molecule has 0 saturated carbocycles. The fourth-order valence-corrected chi connectivity index (χ4v) is 2.09. The number of nitrogens with zero attached hydrogens (tertiary/aromatic N) is 1. The molecular formula is C16H13F6NO3.